The maximum Gasteiger partial charge on any atom is 0.0988 e. The highest BCUT2D eigenvalue weighted by Gasteiger charge is 2.26. The topological polar surface area (TPSA) is 15.8 Å². The summed E-state index contributed by atoms with van der Waals surface area (Å²) >= 11 is 0. The third-order valence-corrected chi connectivity index (χ3v) is 3.48. The molecule has 1 aliphatic heterocycles. The lowest BCUT2D eigenvalue weighted by Gasteiger charge is -2.24. The third-order valence-electron chi connectivity index (χ3n) is 3.48. The van der Waals surface area contributed by atoms with Gasteiger partial charge in [-0.1, -0.05) is 35.4 Å². The highest BCUT2D eigenvalue weighted by molar-refractivity contribution is 5.64. The average molecular weight is 253 g/mol. The van der Waals surface area contributed by atoms with Gasteiger partial charge < -0.3 is 9.64 Å². The molecule has 2 aromatic carbocycles. The number of hydrogen-bond donors (Lipinski definition) is 0. The summed E-state index contributed by atoms with van der Waals surface area (Å²) < 4.78 is 5.39. The highest BCUT2D eigenvalue weighted by Crippen LogP contribution is 2.28. The standard InChI is InChI=1S/C17H19NO/c1-13-3-7-15(8-4-13)18(11-17-12-19-17)16-9-5-14(2)6-10-16/h3-10,17H,11-12H2,1-2H3/t17-/m0/s1. The quantitative estimate of drug-likeness (QED) is 0.769. The van der Waals surface area contributed by atoms with E-state index in [1.165, 1.54) is 22.5 Å². The van der Waals surface area contributed by atoms with Gasteiger partial charge in [0, 0.05) is 11.4 Å². The van der Waals surface area contributed by atoms with Crippen molar-refractivity contribution in [1.82, 2.24) is 0 Å². The van der Waals surface area contributed by atoms with Crippen LogP contribution in [0, 0.1) is 13.8 Å². The van der Waals surface area contributed by atoms with Gasteiger partial charge in [0.25, 0.3) is 0 Å². The van der Waals surface area contributed by atoms with Gasteiger partial charge in [-0.15, -0.1) is 0 Å². The molecule has 2 heteroatoms. The van der Waals surface area contributed by atoms with Crippen LogP contribution < -0.4 is 4.90 Å². The number of epoxide rings is 1. The Morgan fingerprint density at radius 1 is 0.895 bits per heavy atom. The summed E-state index contributed by atoms with van der Waals surface area (Å²) in [5, 5.41) is 0. The molecule has 1 fully saturated rings. The number of hydrogen-bond acceptors (Lipinski definition) is 2. The smallest absolute Gasteiger partial charge is 0.0988 e. The largest absolute Gasteiger partial charge is 0.371 e. The zero-order chi connectivity index (χ0) is 13.2. The molecule has 1 saturated heterocycles. The number of benzene rings is 2. The van der Waals surface area contributed by atoms with Crippen LogP contribution in [0.25, 0.3) is 0 Å². The molecule has 0 unspecified atom stereocenters. The van der Waals surface area contributed by atoms with E-state index in [4.69, 9.17) is 4.74 Å². The fraction of sp³-hybridized carbons (Fsp3) is 0.294. The van der Waals surface area contributed by atoms with E-state index < -0.39 is 0 Å². The Bertz CT molecular complexity index is 495. The van der Waals surface area contributed by atoms with Crippen LogP contribution in [0.3, 0.4) is 0 Å². The second kappa shape index (κ2) is 5.06. The van der Waals surface area contributed by atoms with Crippen LogP contribution in [-0.2, 0) is 4.74 Å². The molecule has 0 N–H and O–H groups in total. The van der Waals surface area contributed by atoms with Gasteiger partial charge in [0.1, 0.15) is 0 Å². The highest BCUT2D eigenvalue weighted by atomic mass is 16.6. The molecule has 0 amide bonds. The van der Waals surface area contributed by atoms with E-state index in [1.807, 2.05) is 0 Å². The van der Waals surface area contributed by atoms with E-state index in [9.17, 15) is 0 Å². The molecule has 19 heavy (non-hydrogen) atoms. The van der Waals surface area contributed by atoms with Crippen LogP contribution in [0.1, 0.15) is 11.1 Å². The van der Waals surface area contributed by atoms with Crippen molar-refractivity contribution in [3.8, 4) is 0 Å². The minimum absolute atomic E-state index is 0.377. The molecule has 3 rings (SSSR count). The fourth-order valence-electron chi connectivity index (χ4n) is 2.19. The Kier molecular flexibility index (Phi) is 3.26. The molecule has 2 nitrogen and oxygen atoms in total. The van der Waals surface area contributed by atoms with E-state index in [2.05, 4.69) is 67.3 Å². The van der Waals surface area contributed by atoms with Crippen LogP contribution in [0.15, 0.2) is 48.5 Å². The van der Waals surface area contributed by atoms with Crippen molar-refractivity contribution in [3.05, 3.63) is 59.7 Å². The maximum absolute atomic E-state index is 5.39. The lowest BCUT2D eigenvalue weighted by Crippen LogP contribution is -2.22. The minimum atomic E-state index is 0.377. The maximum atomic E-state index is 5.39. The minimum Gasteiger partial charge on any atom is -0.371 e. The number of anilines is 2. The molecule has 2 aromatic rings. The summed E-state index contributed by atoms with van der Waals surface area (Å²) in [7, 11) is 0. The van der Waals surface area contributed by atoms with Crippen molar-refractivity contribution in [2.24, 2.45) is 0 Å². The summed E-state index contributed by atoms with van der Waals surface area (Å²) in [6.45, 7) is 6.04. The zero-order valence-electron chi connectivity index (χ0n) is 11.5. The molecular formula is C17H19NO. The summed E-state index contributed by atoms with van der Waals surface area (Å²) in [6.07, 6.45) is 0.377. The lowest BCUT2D eigenvalue weighted by atomic mass is 10.1. The SMILES string of the molecule is Cc1ccc(N(C[C@H]2CO2)c2ccc(C)cc2)cc1. The molecule has 0 radical (unpaired) electrons. The Morgan fingerprint density at radius 2 is 1.32 bits per heavy atom. The Morgan fingerprint density at radius 3 is 1.68 bits per heavy atom. The second-order valence-corrected chi connectivity index (χ2v) is 5.24. The predicted molar refractivity (Wildman–Crippen MR) is 79.1 cm³/mol. The number of ether oxygens (including phenoxy) is 1. The molecular weight excluding hydrogens is 234 g/mol. The van der Waals surface area contributed by atoms with Gasteiger partial charge in [-0.3, -0.25) is 0 Å². The first kappa shape index (κ1) is 12.2. The van der Waals surface area contributed by atoms with Crippen LogP contribution in [0.5, 0.6) is 0 Å². The van der Waals surface area contributed by atoms with Crippen molar-refractivity contribution >= 4 is 11.4 Å². The number of nitrogens with zero attached hydrogens (tertiary/aromatic N) is 1. The monoisotopic (exact) mass is 253 g/mol. The molecule has 1 heterocycles. The van der Waals surface area contributed by atoms with Gasteiger partial charge in [0.05, 0.1) is 19.3 Å². The Hall–Kier alpha value is -1.80. The molecule has 0 aromatic heterocycles. The first-order valence-electron chi connectivity index (χ1n) is 6.75. The van der Waals surface area contributed by atoms with Crippen molar-refractivity contribution in [2.45, 2.75) is 20.0 Å². The van der Waals surface area contributed by atoms with Crippen LogP contribution >= 0.6 is 0 Å². The third kappa shape index (κ3) is 2.96. The van der Waals surface area contributed by atoms with E-state index in [-0.39, 0.29) is 0 Å². The molecule has 1 aliphatic rings. The summed E-state index contributed by atoms with van der Waals surface area (Å²) in [5.74, 6) is 0. The molecule has 98 valence electrons. The molecule has 1 atom stereocenters. The second-order valence-electron chi connectivity index (χ2n) is 5.24. The van der Waals surface area contributed by atoms with E-state index in [0.29, 0.717) is 6.10 Å². The Balaban J connectivity index is 1.91. The molecule has 0 spiro atoms. The van der Waals surface area contributed by atoms with Gasteiger partial charge in [-0.05, 0) is 38.1 Å². The first-order valence-corrected chi connectivity index (χ1v) is 6.75. The summed E-state index contributed by atoms with van der Waals surface area (Å²) in [5.41, 5.74) is 5.03. The van der Waals surface area contributed by atoms with Gasteiger partial charge in [0.2, 0.25) is 0 Å². The molecule has 0 aliphatic carbocycles. The van der Waals surface area contributed by atoms with Crippen LogP contribution in [-0.4, -0.2) is 19.3 Å². The van der Waals surface area contributed by atoms with Crippen LogP contribution in [0.2, 0.25) is 0 Å². The van der Waals surface area contributed by atoms with Gasteiger partial charge in [-0.2, -0.15) is 0 Å². The van der Waals surface area contributed by atoms with Crippen molar-refractivity contribution in [3.63, 3.8) is 0 Å². The lowest BCUT2D eigenvalue weighted by molar-refractivity contribution is 0.411. The summed E-state index contributed by atoms with van der Waals surface area (Å²) in [6, 6.07) is 17.3. The van der Waals surface area contributed by atoms with Gasteiger partial charge in [-0.25, -0.2) is 0 Å². The van der Waals surface area contributed by atoms with Gasteiger partial charge >= 0.3 is 0 Å². The van der Waals surface area contributed by atoms with Gasteiger partial charge in [0.15, 0.2) is 0 Å². The van der Waals surface area contributed by atoms with E-state index >= 15 is 0 Å². The van der Waals surface area contributed by atoms with E-state index in [0.717, 1.165) is 13.2 Å². The number of rotatable bonds is 4. The van der Waals surface area contributed by atoms with Crippen molar-refractivity contribution < 1.29 is 4.74 Å². The normalized spacial score (nSPS) is 17.3. The molecule has 0 bridgehead atoms. The van der Waals surface area contributed by atoms with Crippen molar-refractivity contribution in [2.75, 3.05) is 18.1 Å². The van der Waals surface area contributed by atoms with Crippen LogP contribution in [0.4, 0.5) is 11.4 Å². The fourth-order valence-corrected chi connectivity index (χ4v) is 2.19. The predicted octanol–water partition coefficient (Wildman–Crippen LogP) is 3.84. The summed E-state index contributed by atoms with van der Waals surface area (Å²) in [4.78, 5) is 2.33. The first-order chi connectivity index (χ1) is 9.22. The Labute approximate surface area is 114 Å². The average Bonchev–Trinajstić information content (AvgIpc) is 3.22. The zero-order valence-corrected chi connectivity index (χ0v) is 11.5. The molecule has 0 saturated carbocycles. The van der Waals surface area contributed by atoms with Crippen molar-refractivity contribution in [1.29, 1.82) is 0 Å². The number of aryl methyl sites for hydroxylation is 2. The van der Waals surface area contributed by atoms with E-state index in [1.54, 1.807) is 0 Å².